The lowest BCUT2D eigenvalue weighted by atomic mass is 9.76. The molecule has 2 saturated carbocycles. The van der Waals surface area contributed by atoms with Crippen molar-refractivity contribution in [1.82, 2.24) is 10.2 Å². The molecular formula is C16H31N3O. The molecule has 0 unspecified atom stereocenters. The van der Waals surface area contributed by atoms with Gasteiger partial charge in [0, 0.05) is 18.6 Å². The molecule has 0 aromatic rings. The predicted molar refractivity (Wildman–Crippen MR) is 82.4 cm³/mol. The third-order valence-corrected chi connectivity index (χ3v) is 5.26. The van der Waals surface area contributed by atoms with Gasteiger partial charge in [-0.25, -0.2) is 0 Å². The molecule has 0 spiro atoms. The van der Waals surface area contributed by atoms with Gasteiger partial charge in [0.2, 0.25) is 5.91 Å². The van der Waals surface area contributed by atoms with E-state index in [1.54, 1.807) is 0 Å². The van der Waals surface area contributed by atoms with Crippen molar-refractivity contribution in [3.63, 3.8) is 0 Å². The van der Waals surface area contributed by atoms with Crippen molar-refractivity contribution < 1.29 is 4.79 Å². The first kappa shape index (κ1) is 15.8. The van der Waals surface area contributed by atoms with Crippen LogP contribution in [0.25, 0.3) is 0 Å². The maximum absolute atomic E-state index is 12.1. The number of likely N-dealkylation sites (N-methyl/N-ethyl adjacent to an activating group) is 1. The Kier molecular flexibility index (Phi) is 5.44. The average molecular weight is 281 g/mol. The van der Waals surface area contributed by atoms with E-state index in [-0.39, 0.29) is 11.4 Å². The monoisotopic (exact) mass is 281 g/mol. The van der Waals surface area contributed by atoms with Gasteiger partial charge in [0.15, 0.2) is 0 Å². The Morgan fingerprint density at radius 3 is 2.45 bits per heavy atom. The number of rotatable bonds is 7. The summed E-state index contributed by atoms with van der Waals surface area (Å²) in [4.78, 5) is 14.4. The van der Waals surface area contributed by atoms with Crippen LogP contribution in [0.2, 0.25) is 0 Å². The Morgan fingerprint density at radius 2 is 1.95 bits per heavy atom. The third kappa shape index (κ3) is 3.95. The van der Waals surface area contributed by atoms with Crippen LogP contribution in [0, 0.1) is 11.8 Å². The smallest absolute Gasteiger partial charge is 0.234 e. The average Bonchev–Trinajstić information content (AvgIpc) is 3.28. The molecule has 0 aromatic carbocycles. The fraction of sp³-hybridized carbons (Fsp3) is 0.938. The Morgan fingerprint density at radius 1 is 1.30 bits per heavy atom. The molecule has 2 rings (SSSR count). The maximum Gasteiger partial charge on any atom is 0.234 e. The molecule has 2 fully saturated rings. The van der Waals surface area contributed by atoms with E-state index in [0.29, 0.717) is 13.1 Å². The summed E-state index contributed by atoms with van der Waals surface area (Å²) in [6.45, 7) is 7.41. The molecular weight excluding hydrogens is 250 g/mol. The van der Waals surface area contributed by atoms with Crippen molar-refractivity contribution in [2.75, 3.05) is 26.2 Å². The van der Waals surface area contributed by atoms with Gasteiger partial charge >= 0.3 is 0 Å². The number of nitrogens with zero attached hydrogens (tertiary/aromatic N) is 1. The van der Waals surface area contributed by atoms with E-state index in [0.717, 1.165) is 37.8 Å². The normalized spacial score (nSPS) is 30.5. The number of amides is 1. The molecule has 0 radical (unpaired) electrons. The number of nitrogens with two attached hydrogens (primary N) is 1. The highest BCUT2D eigenvalue weighted by atomic mass is 16.2. The summed E-state index contributed by atoms with van der Waals surface area (Å²) in [6, 6.07) is 0. The highest BCUT2D eigenvalue weighted by Gasteiger charge is 2.38. The Labute approximate surface area is 123 Å². The molecule has 0 atom stereocenters. The lowest BCUT2D eigenvalue weighted by molar-refractivity contribution is -0.124. The van der Waals surface area contributed by atoms with Gasteiger partial charge in [0.05, 0.1) is 6.54 Å². The van der Waals surface area contributed by atoms with Crippen LogP contribution in [0.15, 0.2) is 0 Å². The van der Waals surface area contributed by atoms with E-state index >= 15 is 0 Å². The van der Waals surface area contributed by atoms with Crippen molar-refractivity contribution in [3.05, 3.63) is 0 Å². The fourth-order valence-electron chi connectivity index (χ4n) is 3.37. The van der Waals surface area contributed by atoms with E-state index in [9.17, 15) is 4.79 Å². The van der Waals surface area contributed by atoms with E-state index in [1.165, 1.54) is 25.7 Å². The summed E-state index contributed by atoms with van der Waals surface area (Å²) in [6.07, 6.45) is 7.29. The van der Waals surface area contributed by atoms with Crippen molar-refractivity contribution >= 4 is 5.91 Å². The van der Waals surface area contributed by atoms with Crippen LogP contribution in [0.4, 0.5) is 0 Å². The molecule has 0 saturated heterocycles. The summed E-state index contributed by atoms with van der Waals surface area (Å²) < 4.78 is 0. The second-order valence-corrected chi connectivity index (χ2v) is 6.87. The van der Waals surface area contributed by atoms with Gasteiger partial charge in [-0.2, -0.15) is 0 Å². The summed E-state index contributed by atoms with van der Waals surface area (Å²) in [7, 11) is 0. The van der Waals surface area contributed by atoms with Gasteiger partial charge in [0.25, 0.3) is 0 Å². The molecule has 0 aliphatic heterocycles. The Hall–Kier alpha value is -0.610. The molecule has 0 bridgehead atoms. The first-order chi connectivity index (χ1) is 9.59. The zero-order valence-electron chi connectivity index (χ0n) is 13.2. The standard InChI is InChI=1S/C16H31N3O/c1-3-19(11-15(20)18-10-14-4-5-14)16(12-17)8-6-13(2)7-9-16/h13-14H,3-12,17H2,1-2H3,(H,18,20). The van der Waals surface area contributed by atoms with Crippen molar-refractivity contribution in [2.45, 2.75) is 57.9 Å². The van der Waals surface area contributed by atoms with Crippen LogP contribution < -0.4 is 11.1 Å². The van der Waals surface area contributed by atoms with Crippen molar-refractivity contribution in [1.29, 1.82) is 0 Å². The first-order valence-electron chi connectivity index (χ1n) is 8.31. The largest absolute Gasteiger partial charge is 0.355 e. The molecule has 4 nitrogen and oxygen atoms in total. The van der Waals surface area contributed by atoms with Crippen molar-refractivity contribution in [2.24, 2.45) is 17.6 Å². The molecule has 0 aromatic heterocycles. The minimum Gasteiger partial charge on any atom is -0.355 e. The van der Waals surface area contributed by atoms with E-state index in [1.807, 2.05) is 0 Å². The molecule has 3 N–H and O–H groups in total. The number of carbonyl (C=O) groups is 1. The zero-order valence-corrected chi connectivity index (χ0v) is 13.2. The van der Waals surface area contributed by atoms with Crippen LogP contribution in [0.5, 0.6) is 0 Å². The minimum absolute atomic E-state index is 0.0538. The number of hydrogen-bond acceptors (Lipinski definition) is 3. The molecule has 20 heavy (non-hydrogen) atoms. The summed E-state index contributed by atoms with van der Waals surface area (Å²) in [5, 5.41) is 3.08. The van der Waals surface area contributed by atoms with Crippen LogP contribution in [0.1, 0.15) is 52.4 Å². The molecule has 1 amide bonds. The third-order valence-electron chi connectivity index (χ3n) is 5.26. The second kappa shape index (κ2) is 6.90. The van der Waals surface area contributed by atoms with Gasteiger partial charge in [0.1, 0.15) is 0 Å². The quantitative estimate of drug-likeness (QED) is 0.747. The van der Waals surface area contributed by atoms with Gasteiger partial charge in [-0.15, -0.1) is 0 Å². The van der Waals surface area contributed by atoms with Gasteiger partial charge in [-0.1, -0.05) is 13.8 Å². The van der Waals surface area contributed by atoms with Gasteiger partial charge < -0.3 is 11.1 Å². The van der Waals surface area contributed by atoms with Gasteiger partial charge in [-0.3, -0.25) is 9.69 Å². The molecule has 0 heterocycles. The van der Waals surface area contributed by atoms with Gasteiger partial charge in [-0.05, 0) is 56.9 Å². The Bertz CT molecular complexity index is 320. The van der Waals surface area contributed by atoms with Crippen LogP contribution in [-0.4, -0.2) is 42.5 Å². The SMILES string of the molecule is CCN(CC(=O)NCC1CC1)C1(CN)CCC(C)CC1. The second-order valence-electron chi connectivity index (χ2n) is 6.87. The summed E-state index contributed by atoms with van der Waals surface area (Å²) >= 11 is 0. The zero-order chi connectivity index (χ0) is 14.6. The number of carbonyl (C=O) groups excluding carboxylic acids is 1. The van der Waals surface area contributed by atoms with E-state index in [2.05, 4.69) is 24.1 Å². The Balaban J connectivity index is 1.88. The van der Waals surface area contributed by atoms with Crippen LogP contribution >= 0.6 is 0 Å². The summed E-state index contributed by atoms with van der Waals surface area (Å²) in [5.41, 5.74) is 6.15. The molecule has 116 valence electrons. The lowest BCUT2D eigenvalue weighted by Crippen LogP contribution is -2.58. The minimum atomic E-state index is 0.0538. The molecule has 2 aliphatic carbocycles. The lowest BCUT2D eigenvalue weighted by Gasteiger charge is -2.46. The highest BCUT2D eigenvalue weighted by Crippen LogP contribution is 2.35. The predicted octanol–water partition coefficient (Wildman–Crippen LogP) is 1.74. The number of hydrogen-bond donors (Lipinski definition) is 2. The first-order valence-corrected chi connectivity index (χ1v) is 8.31. The molecule has 2 aliphatic rings. The number of nitrogens with one attached hydrogen (secondary N) is 1. The van der Waals surface area contributed by atoms with Crippen LogP contribution in [0.3, 0.4) is 0 Å². The maximum atomic E-state index is 12.1. The van der Waals surface area contributed by atoms with E-state index in [4.69, 9.17) is 5.73 Å². The topological polar surface area (TPSA) is 58.4 Å². The summed E-state index contributed by atoms with van der Waals surface area (Å²) in [5.74, 6) is 1.72. The van der Waals surface area contributed by atoms with Crippen LogP contribution in [-0.2, 0) is 4.79 Å². The fourth-order valence-corrected chi connectivity index (χ4v) is 3.37. The van der Waals surface area contributed by atoms with E-state index < -0.39 is 0 Å². The molecule has 4 heteroatoms. The van der Waals surface area contributed by atoms with Crippen molar-refractivity contribution in [3.8, 4) is 0 Å². The highest BCUT2D eigenvalue weighted by molar-refractivity contribution is 5.78.